The van der Waals surface area contributed by atoms with Gasteiger partial charge in [-0.1, -0.05) is 0 Å². The molecule has 1 aliphatic heterocycles. The molecule has 1 aliphatic rings. The minimum Gasteiger partial charge on any atom is -0.482 e. The summed E-state index contributed by atoms with van der Waals surface area (Å²) in [5.41, 5.74) is 7.08. The lowest BCUT2D eigenvalue weighted by molar-refractivity contribution is -0.142. The lowest BCUT2D eigenvalue weighted by Crippen LogP contribution is -2.11. The first-order valence-corrected chi connectivity index (χ1v) is 10.9. The highest BCUT2D eigenvalue weighted by Gasteiger charge is 2.40. The Kier molecular flexibility index (Phi) is 5.26. The number of anilines is 1. The van der Waals surface area contributed by atoms with E-state index < -0.39 is 23.8 Å². The van der Waals surface area contributed by atoms with Crippen LogP contribution < -0.4 is 10.5 Å². The average molecular weight is 487 g/mol. The molecule has 2 bridgehead atoms. The van der Waals surface area contributed by atoms with Crippen LogP contribution in [0.5, 0.6) is 5.75 Å². The molecule has 1 atom stereocenters. The van der Waals surface area contributed by atoms with E-state index in [9.17, 15) is 17.6 Å². The van der Waals surface area contributed by atoms with Gasteiger partial charge in [-0.3, -0.25) is 4.68 Å². The lowest BCUT2D eigenvalue weighted by Gasteiger charge is -2.20. The number of ether oxygens (including phenoxy) is 1. The van der Waals surface area contributed by atoms with Crippen LogP contribution >= 0.6 is 0 Å². The molecule has 0 fully saturated rings. The SMILES string of the molecule is CCn1nc(C(F)(F)F)c2c1-c1cnc(N)c(c1)O[C@H](C)c1cc(F)ccc1-c1nn(C)nc1C2. The van der Waals surface area contributed by atoms with E-state index in [-0.39, 0.29) is 35.8 Å². The Morgan fingerprint density at radius 2 is 1.94 bits per heavy atom. The summed E-state index contributed by atoms with van der Waals surface area (Å²) in [5.74, 6) is -0.285. The average Bonchev–Trinajstić information content (AvgIpc) is 3.34. The number of pyridine rings is 1. The fraction of sp³-hybridized carbons (Fsp3) is 0.304. The van der Waals surface area contributed by atoms with Crippen molar-refractivity contribution >= 4 is 5.82 Å². The lowest BCUT2D eigenvalue weighted by atomic mass is 9.95. The summed E-state index contributed by atoms with van der Waals surface area (Å²) in [5, 5.41) is 12.7. The number of hydrogen-bond acceptors (Lipinski definition) is 6. The number of alkyl halides is 3. The van der Waals surface area contributed by atoms with Crippen molar-refractivity contribution in [2.45, 2.75) is 39.1 Å². The van der Waals surface area contributed by atoms with Crippen LogP contribution in [0.4, 0.5) is 23.4 Å². The second-order valence-corrected chi connectivity index (χ2v) is 8.25. The van der Waals surface area contributed by atoms with Crippen molar-refractivity contribution in [1.29, 1.82) is 0 Å². The second-order valence-electron chi connectivity index (χ2n) is 8.25. The Morgan fingerprint density at radius 3 is 2.66 bits per heavy atom. The van der Waals surface area contributed by atoms with Crippen LogP contribution in [0, 0.1) is 5.82 Å². The molecule has 2 N–H and O–H groups in total. The van der Waals surface area contributed by atoms with Gasteiger partial charge in [0.15, 0.2) is 17.3 Å². The molecule has 0 spiro atoms. The molecule has 5 rings (SSSR count). The van der Waals surface area contributed by atoms with Crippen molar-refractivity contribution in [2.24, 2.45) is 7.05 Å². The van der Waals surface area contributed by atoms with Gasteiger partial charge in [0.2, 0.25) is 0 Å². The van der Waals surface area contributed by atoms with Crippen molar-refractivity contribution in [3.05, 3.63) is 58.8 Å². The summed E-state index contributed by atoms with van der Waals surface area (Å²) in [6.07, 6.45) is -4.22. The van der Waals surface area contributed by atoms with E-state index >= 15 is 0 Å². The van der Waals surface area contributed by atoms with Crippen molar-refractivity contribution in [3.63, 3.8) is 0 Å². The van der Waals surface area contributed by atoms with Gasteiger partial charge in [0.25, 0.3) is 0 Å². The third-order valence-electron chi connectivity index (χ3n) is 5.91. The molecular formula is C23H21F4N7O. The smallest absolute Gasteiger partial charge is 0.435 e. The molecule has 0 amide bonds. The maximum atomic E-state index is 14.3. The van der Waals surface area contributed by atoms with Crippen LogP contribution in [0.3, 0.4) is 0 Å². The first kappa shape index (κ1) is 22.8. The zero-order valence-electron chi connectivity index (χ0n) is 19.1. The minimum atomic E-state index is -4.71. The Morgan fingerprint density at radius 1 is 1.17 bits per heavy atom. The Bertz CT molecular complexity index is 1440. The second kappa shape index (κ2) is 8.07. The molecule has 0 aliphatic carbocycles. The van der Waals surface area contributed by atoms with Gasteiger partial charge in [-0.15, -0.1) is 0 Å². The quantitative estimate of drug-likeness (QED) is 0.396. The molecule has 8 nitrogen and oxygen atoms in total. The highest BCUT2D eigenvalue weighted by molar-refractivity contribution is 5.72. The number of aromatic nitrogens is 6. The van der Waals surface area contributed by atoms with Crippen molar-refractivity contribution in [2.75, 3.05) is 5.73 Å². The highest BCUT2D eigenvalue weighted by atomic mass is 19.4. The van der Waals surface area contributed by atoms with Gasteiger partial charge in [-0.05, 0) is 38.1 Å². The predicted molar refractivity (Wildman–Crippen MR) is 119 cm³/mol. The standard InChI is InChI=1S/C23H21F4N7O/c1-4-34-20-12-7-18(22(28)29-10-12)35-11(2)15-8-13(24)5-6-14(15)19-17(30-33(3)31-19)9-16(20)21(32-34)23(25,26)27/h5-8,10-11H,4,9H2,1-3H3,(H2,28,29)/t11-/m1/s1. The first-order chi connectivity index (χ1) is 16.6. The minimum absolute atomic E-state index is 0.0518. The van der Waals surface area contributed by atoms with Gasteiger partial charge in [0.05, 0.1) is 11.4 Å². The van der Waals surface area contributed by atoms with Gasteiger partial charge >= 0.3 is 6.18 Å². The molecule has 0 saturated carbocycles. The number of rotatable bonds is 1. The van der Waals surface area contributed by atoms with Crippen molar-refractivity contribution in [1.82, 2.24) is 29.8 Å². The van der Waals surface area contributed by atoms with Gasteiger partial charge < -0.3 is 10.5 Å². The topological polar surface area (TPSA) is 96.7 Å². The molecule has 1 aromatic carbocycles. The maximum Gasteiger partial charge on any atom is 0.435 e. The van der Waals surface area contributed by atoms with E-state index in [4.69, 9.17) is 10.5 Å². The summed E-state index contributed by atoms with van der Waals surface area (Å²) in [7, 11) is 1.57. The predicted octanol–water partition coefficient (Wildman–Crippen LogP) is 4.54. The van der Waals surface area contributed by atoms with E-state index in [0.717, 1.165) is 0 Å². The van der Waals surface area contributed by atoms with Crippen molar-refractivity contribution in [3.8, 4) is 28.3 Å². The van der Waals surface area contributed by atoms with Crippen LogP contribution in [-0.2, 0) is 26.2 Å². The normalized spacial score (nSPS) is 15.3. The maximum absolute atomic E-state index is 14.3. The summed E-state index contributed by atoms with van der Waals surface area (Å²) in [4.78, 5) is 5.43. The summed E-state index contributed by atoms with van der Waals surface area (Å²) in [6, 6.07) is 5.61. The molecule has 4 aromatic rings. The number of aryl methyl sites for hydroxylation is 2. The van der Waals surface area contributed by atoms with Crippen LogP contribution in [0.15, 0.2) is 30.5 Å². The van der Waals surface area contributed by atoms with Crippen LogP contribution in [0.25, 0.3) is 22.5 Å². The largest absolute Gasteiger partial charge is 0.482 e. The van der Waals surface area contributed by atoms with Gasteiger partial charge in [0.1, 0.15) is 17.6 Å². The van der Waals surface area contributed by atoms with E-state index in [1.807, 2.05) is 0 Å². The fourth-order valence-electron chi connectivity index (χ4n) is 4.41. The highest BCUT2D eigenvalue weighted by Crippen LogP contribution is 2.41. The Labute approximate surface area is 197 Å². The number of nitrogens with zero attached hydrogens (tertiary/aromatic N) is 6. The third kappa shape index (κ3) is 3.88. The zero-order valence-corrected chi connectivity index (χ0v) is 19.1. The number of nitrogen functional groups attached to an aromatic ring is 1. The molecular weight excluding hydrogens is 466 g/mol. The first-order valence-electron chi connectivity index (χ1n) is 10.9. The molecule has 182 valence electrons. The monoisotopic (exact) mass is 487 g/mol. The Balaban J connectivity index is 1.87. The molecule has 35 heavy (non-hydrogen) atoms. The summed E-state index contributed by atoms with van der Waals surface area (Å²) >= 11 is 0. The zero-order chi connectivity index (χ0) is 25.1. The molecule has 12 heteroatoms. The number of benzene rings is 1. The number of halogens is 4. The van der Waals surface area contributed by atoms with Crippen LogP contribution in [0.1, 0.15) is 42.5 Å². The Hall–Kier alpha value is -3.96. The summed E-state index contributed by atoms with van der Waals surface area (Å²) in [6.45, 7) is 3.60. The van der Waals surface area contributed by atoms with Crippen LogP contribution in [-0.4, -0.2) is 29.8 Å². The molecule has 0 radical (unpaired) electrons. The number of nitrogens with two attached hydrogens (primary N) is 1. The van der Waals surface area contributed by atoms with E-state index in [2.05, 4.69) is 20.3 Å². The molecule has 0 unspecified atom stereocenters. The molecule has 3 aromatic heterocycles. The van der Waals surface area contributed by atoms with E-state index in [0.29, 0.717) is 28.1 Å². The number of hydrogen-bond donors (Lipinski definition) is 1. The van der Waals surface area contributed by atoms with Gasteiger partial charge in [0, 0.05) is 48.5 Å². The van der Waals surface area contributed by atoms with Crippen molar-refractivity contribution < 1.29 is 22.3 Å². The third-order valence-corrected chi connectivity index (χ3v) is 5.91. The number of fused-ring (bicyclic) bond motifs is 7. The van der Waals surface area contributed by atoms with E-state index in [1.165, 1.54) is 39.9 Å². The van der Waals surface area contributed by atoms with Gasteiger partial charge in [-0.2, -0.15) is 33.3 Å². The summed E-state index contributed by atoms with van der Waals surface area (Å²) < 4.78 is 64.0. The van der Waals surface area contributed by atoms with E-state index in [1.54, 1.807) is 20.9 Å². The molecule has 0 saturated heterocycles. The van der Waals surface area contributed by atoms with Gasteiger partial charge in [-0.25, -0.2) is 9.37 Å². The fourth-order valence-corrected chi connectivity index (χ4v) is 4.41. The van der Waals surface area contributed by atoms with Crippen LogP contribution in [0.2, 0.25) is 0 Å². The molecule has 4 heterocycles.